The minimum absolute atomic E-state index is 0.638. The molecule has 2 aliphatic carbocycles. The Morgan fingerprint density at radius 2 is 1.44 bits per heavy atom. The van der Waals surface area contributed by atoms with Crippen molar-refractivity contribution in [3.8, 4) is 11.5 Å². The molecule has 2 bridgehead atoms. The Balaban J connectivity index is 1.32. The molecule has 2 aliphatic rings. The molecule has 4 heteroatoms. The van der Waals surface area contributed by atoms with E-state index in [1.165, 1.54) is 25.7 Å². The van der Waals surface area contributed by atoms with Crippen LogP contribution in [0.5, 0.6) is 11.5 Å². The van der Waals surface area contributed by atoms with E-state index in [4.69, 9.17) is 9.47 Å². The van der Waals surface area contributed by atoms with E-state index in [9.17, 15) is 0 Å². The third-order valence-electron chi connectivity index (χ3n) is 6.19. The number of methoxy groups -OCH3 is 2. The van der Waals surface area contributed by atoms with Gasteiger partial charge in [-0.3, -0.25) is 0 Å². The Morgan fingerprint density at radius 3 is 2.00 bits per heavy atom. The van der Waals surface area contributed by atoms with Gasteiger partial charge >= 0.3 is 0 Å². The molecule has 2 unspecified atom stereocenters. The normalized spacial score (nSPS) is 23.4. The molecule has 0 saturated heterocycles. The van der Waals surface area contributed by atoms with Gasteiger partial charge in [0, 0.05) is 43.0 Å². The van der Waals surface area contributed by atoms with Gasteiger partial charge in [0.25, 0.3) is 0 Å². The first-order valence-corrected chi connectivity index (χ1v) is 10.0. The maximum Gasteiger partial charge on any atom is 0.124 e. The van der Waals surface area contributed by atoms with E-state index in [2.05, 4.69) is 34.9 Å². The van der Waals surface area contributed by atoms with Gasteiger partial charge in [0.05, 0.1) is 14.2 Å². The predicted molar refractivity (Wildman–Crippen MR) is 110 cm³/mol. The van der Waals surface area contributed by atoms with Gasteiger partial charge in [-0.1, -0.05) is 24.3 Å². The largest absolute Gasteiger partial charge is 0.497 e. The number of anilines is 1. The molecule has 0 aliphatic heterocycles. The summed E-state index contributed by atoms with van der Waals surface area (Å²) < 4.78 is 10.7. The van der Waals surface area contributed by atoms with Crippen LogP contribution in [0.2, 0.25) is 0 Å². The van der Waals surface area contributed by atoms with Gasteiger partial charge in [-0.15, -0.1) is 0 Å². The molecule has 2 atom stereocenters. The Bertz CT molecular complexity index is 721. The molecule has 0 amide bonds. The third kappa shape index (κ3) is 4.06. The number of ether oxygens (including phenoxy) is 2. The highest BCUT2D eigenvalue weighted by molar-refractivity contribution is 5.53. The van der Waals surface area contributed by atoms with Crippen LogP contribution in [-0.2, 0) is 12.8 Å². The summed E-state index contributed by atoms with van der Waals surface area (Å²) in [5.41, 5.74) is 4.17. The maximum absolute atomic E-state index is 5.34. The highest BCUT2D eigenvalue weighted by Gasteiger charge is 2.38. The molecule has 4 nitrogen and oxygen atoms in total. The predicted octanol–water partition coefficient (Wildman–Crippen LogP) is 3.90. The number of benzene rings is 2. The van der Waals surface area contributed by atoms with Gasteiger partial charge in [-0.25, -0.2) is 0 Å². The topological polar surface area (TPSA) is 42.5 Å². The van der Waals surface area contributed by atoms with Gasteiger partial charge in [0.2, 0.25) is 0 Å². The first-order chi connectivity index (χ1) is 13.3. The highest BCUT2D eigenvalue weighted by Crippen LogP contribution is 2.39. The summed E-state index contributed by atoms with van der Waals surface area (Å²) in [6.07, 6.45) is 5.17. The molecule has 1 fully saturated rings. The van der Waals surface area contributed by atoms with Crippen LogP contribution in [0.15, 0.2) is 42.5 Å². The molecule has 0 spiro atoms. The lowest BCUT2D eigenvalue weighted by atomic mass is 9.94. The molecule has 0 aromatic heterocycles. The maximum atomic E-state index is 5.34. The van der Waals surface area contributed by atoms with Crippen molar-refractivity contribution in [2.24, 2.45) is 11.8 Å². The van der Waals surface area contributed by atoms with Crippen molar-refractivity contribution in [1.82, 2.24) is 5.32 Å². The molecule has 2 aromatic rings. The first kappa shape index (κ1) is 18.2. The van der Waals surface area contributed by atoms with E-state index in [1.54, 1.807) is 25.3 Å². The van der Waals surface area contributed by atoms with Crippen LogP contribution in [0.3, 0.4) is 0 Å². The van der Waals surface area contributed by atoms with E-state index in [0.29, 0.717) is 6.04 Å². The molecule has 2 aromatic carbocycles. The van der Waals surface area contributed by atoms with Gasteiger partial charge < -0.3 is 20.1 Å². The fourth-order valence-electron chi connectivity index (χ4n) is 4.84. The number of fused-ring (bicyclic) bond motifs is 3. The Morgan fingerprint density at radius 1 is 0.852 bits per heavy atom. The fourth-order valence-corrected chi connectivity index (χ4v) is 4.84. The minimum Gasteiger partial charge on any atom is -0.497 e. The summed E-state index contributed by atoms with van der Waals surface area (Å²) in [6, 6.07) is 15.6. The molecule has 4 rings (SSSR count). The first-order valence-electron chi connectivity index (χ1n) is 10.0. The van der Waals surface area contributed by atoms with Crippen molar-refractivity contribution in [3.63, 3.8) is 0 Å². The van der Waals surface area contributed by atoms with Crippen LogP contribution in [0.4, 0.5) is 5.69 Å². The molecule has 0 heterocycles. The number of nitrogens with one attached hydrogen (secondary N) is 2. The second kappa shape index (κ2) is 8.22. The van der Waals surface area contributed by atoms with E-state index in [1.807, 2.05) is 18.2 Å². The Labute approximate surface area is 162 Å². The molecule has 0 radical (unpaired) electrons. The van der Waals surface area contributed by atoms with Gasteiger partial charge in [0.1, 0.15) is 11.5 Å². The van der Waals surface area contributed by atoms with Crippen LogP contribution >= 0.6 is 0 Å². The minimum atomic E-state index is 0.638. The summed E-state index contributed by atoms with van der Waals surface area (Å²) in [4.78, 5) is 0. The summed E-state index contributed by atoms with van der Waals surface area (Å²) >= 11 is 0. The standard InChI is InChI=1S/C23H30N2O2/c1-26-21-13-20(14-22(15-21)27-2)24-9-10-25-23-18-7-8-19(23)12-17-6-4-3-5-16(17)11-18/h3-6,13-15,18-19,23-25H,7-12H2,1-2H3. The summed E-state index contributed by atoms with van der Waals surface area (Å²) in [5, 5.41) is 7.35. The van der Waals surface area contributed by atoms with Crippen LogP contribution in [0.25, 0.3) is 0 Å². The number of hydrogen-bond acceptors (Lipinski definition) is 4. The fraction of sp³-hybridized carbons (Fsp3) is 0.478. The van der Waals surface area contributed by atoms with Crippen molar-refractivity contribution >= 4 is 5.69 Å². The SMILES string of the molecule is COc1cc(NCCNC2C3CCC2Cc2ccccc2C3)cc(OC)c1. The van der Waals surface area contributed by atoms with Crippen molar-refractivity contribution in [1.29, 1.82) is 0 Å². The van der Waals surface area contributed by atoms with E-state index in [0.717, 1.165) is 42.1 Å². The average Bonchev–Trinajstić information content (AvgIpc) is 2.98. The van der Waals surface area contributed by atoms with Crippen molar-refractivity contribution < 1.29 is 9.47 Å². The highest BCUT2D eigenvalue weighted by atomic mass is 16.5. The lowest BCUT2D eigenvalue weighted by Gasteiger charge is -2.24. The van der Waals surface area contributed by atoms with Crippen molar-refractivity contribution in [3.05, 3.63) is 53.6 Å². The van der Waals surface area contributed by atoms with Gasteiger partial charge in [-0.2, -0.15) is 0 Å². The molecule has 1 saturated carbocycles. The van der Waals surface area contributed by atoms with Crippen LogP contribution in [-0.4, -0.2) is 33.4 Å². The number of hydrogen-bond donors (Lipinski definition) is 2. The molecule has 144 valence electrons. The van der Waals surface area contributed by atoms with Crippen molar-refractivity contribution in [2.75, 3.05) is 32.6 Å². The van der Waals surface area contributed by atoms with E-state index >= 15 is 0 Å². The quantitative estimate of drug-likeness (QED) is 0.730. The molecular formula is C23H30N2O2. The summed E-state index contributed by atoms with van der Waals surface area (Å²) in [6.45, 7) is 1.85. The van der Waals surface area contributed by atoms with Gasteiger partial charge in [-0.05, 0) is 48.6 Å². The number of rotatable bonds is 7. The summed E-state index contributed by atoms with van der Waals surface area (Å²) in [5.74, 6) is 3.17. The lowest BCUT2D eigenvalue weighted by Crippen LogP contribution is -2.40. The van der Waals surface area contributed by atoms with E-state index < -0.39 is 0 Å². The second-order valence-corrected chi connectivity index (χ2v) is 7.78. The molecule has 2 N–H and O–H groups in total. The van der Waals surface area contributed by atoms with Gasteiger partial charge in [0.15, 0.2) is 0 Å². The Kier molecular flexibility index (Phi) is 5.53. The van der Waals surface area contributed by atoms with Crippen molar-refractivity contribution in [2.45, 2.75) is 31.7 Å². The Hall–Kier alpha value is -2.20. The second-order valence-electron chi connectivity index (χ2n) is 7.78. The zero-order valence-corrected chi connectivity index (χ0v) is 16.3. The zero-order chi connectivity index (χ0) is 18.6. The summed E-state index contributed by atoms with van der Waals surface area (Å²) in [7, 11) is 3.36. The average molecular weight is 367 g/mol. The molecular weight excluding hydrogens is 336 g/mol. The zero-order valence-electron chi connectivity index (χ0n) is 16.3. The van der Waals surface area contributed by atoms with E-state index in [-0.39, 0.29) is 0 Å². The monoisotopic (exact) mass is 366 g/mol. The smallest absolute Gasteiger partial charge is 0.124 e. The van der Waals surface area contributed by atoms with Crippen LogP contribution in [0.1, 0.15) is 24.0 Å². The third-order valence-corrected chi connectivity index (χ3v) is 6.19. The molecule has 27 heavy (non-hydrogen) atoms. The van der Waals surface area contributed by atoms with Crippen LogP contribution < -0.4 is 20.1 Å². The van der Waals surface area contributed by atoms with Crippen LogP contribution in [0, 0.1) is 11.8 Å². The lowest BCUT2D eigenvalue weighted by molar-refractivity contribution is 0.347.